The average Bonchev–Trinajstić information content (AvgIpc) is 2.28. The molecule has 0 atom stereocenters. The first-order valence-corrected chi connectivity index (χ1v) is 6.82. The van der Waals surface area contributed by atoms with Crippen LogP contribution in [-0.4, -0.2) is 24.0 Å². The summed E-state index contributed by atoms with van der Waals surface area (Å²) in [6.07, 6.45) is 5.52. The van der Waals surface area contributed by atoms with E-state index >= 15 is 0 Å². The van der Waals surface area contributed by atoms with Gasteiger partial charge in [-0.05, 0) is 37.3 Å². The number of nitrogens with zero attached hydrogens (tertiary/aromatic N) is 1. The van der Waals surface area contributed by atoms with Crippen molar-refractivity contribution >= 4 is 5.57 Å². The highest BCUT2D eigenvalue weighted by atomic mass is 15.2. The van der Waals surface area contributed by atoms with Crippen LogP contribution in [0.4, 0.5) is 0 Å². The van der Waals surface area contributed by atoms with Crippen LogP contribution in [0.1, 0.15) is 38.2 Å². The quantitative estimate of drug-likeness (QED) is 0.744. The monoisotopic (exact) mass is 227 g/mol. The fourth-order valence-corrected chi connectivity index (χ4v) is 3.04. The van der Waals surface area contributed by atoms with Gasteiger partial charge in [-0.2, -0.15) is 0 Å². The summed E-state index contributed by atoms with van der Waals surface area (Å²) < 4.78 is 0. The molecule has 2 aliphatic rings. The molecule has 0 bridgehead atoms. The van der Waals surface area contributed by atoms with Gasteiger partial charge in [0.2, 0.25) is 0 Å². The van der Waals surface area contributed by atoms with Crippen LogP contribution in [0.25, 0.3) is 5.57 Å². The Morgan fingerprint density at radius 1 is 1.12 bits per heavy atom. The van der Waals surface area contributed by atoms with E-state index in [1.807, 2.05) is 0 Å². The first-order chi connectivity index (χ1) is 8.34. The van der Waals surface area contributed by atoms with E-state index in [1.165, 1.54) is 44.3 Å². The molecule has 1 fully saturated rings. The minimum Gasteiger partial charge on any atom is -0.296 e. The third-order valence-electron chi connectivity index (χ3n) is 4.32. The van der Waals surface area contributed by atoms with Crippen LogP contribution in [0.15, 0.2) is 35.9 Å². The molecule has 1 nitrogen and oxygen atoms in total. The van der Waals surface area contributed by atoms with E-state index in [2.05, 4.69) is 42.2 Å². The zero-order valence-electron chi connectivity index (χ0n) is 10.7. The number of hydrogen-bond donors (Lipinski definition) is 0. The Morgan fingerprint density at radius 2 is 1.88 bits per heavy atom. The topological polar surface area (TPSA) is 3.24 Å². The van der Waals surface area contributed by atoms with Crippen molar-refractivity contribution in [1.82, 2.24) is 4.90 Å². The van der Waals surface area contributed by atoms with Crippen molar-refractivity contribution in [3.63, 3.8) is 0 Å². The van der Waals surface area contributed by atoms with Crippen LogP contribution in [-0.2, 0) is 0 Å². The lowest BCUT2D eigenvalue weighted by atomic mass is 9.87. The summed E-state index contributed by atoms with van der Waals surface area (Å²) in [5.74, 6) is 0. The van der Waals surface area contributed by atoms with Gasteiger partial charge in [-0.3, -0.25) is 4.90 Å². The maximum atomic E-state index is 2.69. The van der Waals surface area contributed by atoms with Gasteiger partial charge in [0.25, 0.3) is 0 Å². The normalized spacial score (nSPS) is 22.6. The molecule has 0 N–H and O–H groups in total. The molecule has 1 aromatic rings. The van der Waals surface area contributed by atoms with Crippen LogP contribution >= 0.6 is 0 Å². The predicted molar refractivity (Wildman–Crippen MR) is 72.9 cm³/mol. The lowest BCUT2D eigenvalue weighted by Crippen LogP contribution is -2.43. The second kappa shape index (κ2) is 4.66. The van der Waals surface area contributed by atoms with Crippen molar-refractivity contribution in [2.45, 2.75) is 38.6 Å². The molecule has 1 aliphatic carbocycles. The smallest absolute Gasteiger partial charge is 0.0199 e. The third kappa shape index (κ3) is 2.16. The SMILES string of the molecule is CC1=C(c2ccccc2)CCN(C2CCC2)C1. The molecule has 1 saturated carbocycles. The molecule has 0 spiro atoms. The molecule has 0 aromatic heterocycles. The molecule has 1 aromatic carbocycles. The molecule has 1 heterocycles. The van der Waals surface area contributed by atoms with Crippen molar-refractivity contribution in [2.75, 3.05) is 13.1 Å². The van der Waals surface area contributed by atoms with Gasteiger partial charge >= 0.3 is 0 Å². The summed E-state index contributed by atoms with van der Waals surface area (Å²) in [5.41, 5.74) is 4.59. The lowest BCUT2D eigenvalue weighted by molar-refractivity contribution is 0.137. The molecule has 90 valence electrons. The summed E-state index contributed by atoms with van der Waals surface area (Å²) in [6.45, 7) is 4.76. The van der Waals surface area contributed by atoms with Gasteiger partial charge in [-0.1, -0.05) is 42.3 Å². The van der Waals surface area contributed by atoms with Crippen LogP contribution in [0.2, 0.25) is 0 Å². The third-order valence-corrected chi connectivity index (χ3v) is 4.32. The van der Waals surface area contributed by atoms with Gasteiger partial charge in [-0.25, -0.2) is 0 Å². The highest BCUT2D eigenvalue weighted by molar-refractivity contribution is 5.69. The summed E-state index contributed by atoms with van der Waals surface area (Å²) in [5, 5.41) is 0. The van der Waals surface area contributed by atoms with Gasteiger partial charge < -0.3 is 0 Å². The van der Waals surface area contributed by atoms with Crippen LogP contribution in [0, 0.1) is 0 Å². The molecule has 0 amide bonds. The first kappa shape index (κ1) is 11.0. The molecule has 3 rings (SSSR count). The molecule has 0 unspecified atom stereocenters. The average molecular weight is 227 g/mol. The Balaban J connectivity index is 1.78. The summed E-state index contributed by atoms with van der Waals surface area (Å²) in [4.78, 5) is 2.69. The Bertz CT molecular complexity index is 414. The number of benzene rings is 1. The van der Waals surface area contributed by atoms with Crippen molar-refractivity contribution in [2.24, 2.45) is 0 Å². The Labute approximate surface area is 104 Å². The minimum atomic E-state index is 0.891. The number of rotatable bonds is 2. The molecule has 0 radical (unpaired) electrons. The standard InChI is InChI=1S/C16H21N/c1-13-12-17(15-8-5-9-15)11-10-16(13)14-6-3-2-4-7-14/h2-4,6-7,15H,5,8-12H2,1H3. The number of hydrogen-bond acceptors (Lipinski definition) is 1. The van der Waals surface area contributed by atoms with E-state index in [-0.39, 0.29) is 0 Å². The van der Waals surface area contributed by atoms with Crippen LogP contribution in [0.3, 0.4) is 0 Å². The van der Waals surface area contributed by atoms with E-state index in [9.17, 15) is 0 Å². The van der Waals surface area contributed by atoms with E-state index in [1.54, 1.807) is 11.1 Å². The lowest BCUT2D eigenvalue weighted by Gasteiger charge is -2.40. The van der Waals surface area contributed by atoms with Gasteiger partial charge in [0.1, 0.15) is 0 Å². The summed E-state index contributed by atoms with van der Waals surface area (Å²) >= 11 is 0. The molecule has 17 heavy (non-hydrogen) atoms. The fourth-order valence-electron chi connectivity index (χ4n) is 3.04. The maximum Gasteiger partial charge on any atom is 0.0199 e. The fraction of sp³-hybridized carbons (Fsp3) is 0.500. The molecular formula is C16H21N. The molecular weight excluding hydrogens is 206 g/mol. The van der Waals surface area contributed by atoms with Gasteiger partial charge in [-0.15, -0.1) is 0 Å². The van der Waals surface area contributed by atoms with Gasteiger partial charge in [0.15, 0.2) is 0 Å². The Kier molecular flexibility index (Phi) is 3.02. The van der Waals surface area contributed by atoms with Crippen LogP contribution < -0.4 is 0 Å². The van der Waals surface area contributed by atoms with Crippen molar-refractivity contribution in [3.05, 3.63) is 41.5 Å². The Hall–Kier alpha value is -1.08. The van der Waals surface area contributed by atoms with Gasteiger partial charge in [0.05, 0.1) is 0 Å². The largest absolute Gasteiger partial charge is 0.296 e. The molecule has 0 saturated heterocycles. The second-order valence-electron chi connectivity index (χ2n) is 5.43. The summed E-state index contributed by atoms with van der Waals surface area (Å²) in [6, 6.07) is 11.8. The van der Waals surface area contributed by atoms with Crippen molar-refractivity contribution in [3.8, 4) is 0 Å². The highest BCUT2D eigenvalue weighted by Crippen LogP contribution is 2.32. The second-order valence-corrected chi connectivity index (χ2v) is 5.43. The minimum absolute atomic E-state index is 0.891. The molecule has 1 heteroatoms. The van der Waals surface area contributed by atoms with Crippen LogP contribution in [0.5, 0.6) is 0 Å². The van der Waals surface area contributed by atoms with Crippen molar-refractivity contribution in [1.29, 1.82) is 0 Å². The van der Waals surface area contributed by atoms with Crippen molar-refractivity contribution < 1.29 is 0 Å². The predicted octanol–water partition coefficient (Wildman–Crippen LogP) is 3.72. The highest BCUT2D eigenvalue weighted by Gasteiger charge is 2.27. The zero-order chi connectivity index (χ0) is 11.7. The van der Waals surface area contributed by atoms with E-state index in [4.69, 9.17) is 0 Å². The first-order valence-electron chi connectivity index (χ1n) is 6.82. The molecule has 1 aliphatic heterocycles. The van der Waals surface area contributed by atoms with E-state index in [0.717, 1.165) is 6.04 Å². The zero-order valence-corrected chi connectivity index (χ0v) is 10.7. The Morgan fingerprint density at radius 3 is 2.47 bits per heavy atom. The van der Waals surface area contributed by atoms with E-state index < -0.39 is 0 Å². The van der Waals surface area contributed by atoms with E-state index in [0.29, 0.717) is 0 Å². The van der Waals surface area contributed by atoms with Gasteiger partial charge in [0, 0.05) is 19.1 Å². The summed E-state index contributed by atoms with van der Waals surface area (Å²) in [7, 11) is 0. The maximum absolute atomic E-state index is 2.69.